The van der Waals surface area contributed by atoms with Crippen LogP contribution in [0.4, 0.5) is 0 Å². The molecule has 0 aliphatic carbocycles. The van der Waals surface area contributed by atoms with E-state index in [2.05, 4.69) is 20.9 Å². The van der Waals surface area contributed by atoms with E-state index in [9.17, 15) is 150 Å². The van der Waals surface area contributed by atoms with Crippen molar-refractivity contribution in [1.29, 1.82) is 0 Å². The van der Waals surface area contributed by atoms with Gasteiger partial charge in [-0.3, -0.25) is 36.4 Å². The van der Waals surface area contributed by atoms with E-state index in [4.69, 9.17) is 51.9 Å². The van der Waals surface area contributed by atoms with Gasteiger partial charge in [0, 0.05) is 7.11 Å². The molecule has 0 aromatic heterocycles. The minimum Gasteiger partial charge on any atom is -0.479 e. The molecule has 5 heterocycles. The van der Waals surface area contributed by atoms with Gasteiger partial charge in [-0.05, 0) is 0 Å². The third-order valence-corrected chi connectivity index (χ3v) is 16.4. The molecule has 1 unspecified atom stereocenters. The molecule has 25 atom stereocenters. The third-order valence-electron chi connectivity index (χ3n) is 12.4. The lowest BCUT2D eigenvalue weighted by atomic mass is 9.94. The number of rotatable bonds is 30. The SMILES string of the molecule is CO[C@H]1O[C@H](COS(=O)(=O)O)[C@@H](O[C@@H]2O[C@@H](C(=O)O)[C@@H](O[C@H]3O[C@H](COS(=O)(=O)O)C(O[C@@H]4O[C@H](C(=O)O)[C@@H](O[C@H]5O[C@H](COS(=O)(=O)O)[C@@H](O)[C@H](O)[C@H]5NS(=O)(=O)O)[C@H](O)[C@H]4O)[C@H](OS(=O)(=O)O)[C@H]3NS(=O)(=O)O)[C@H](O)[C@H]2OS(=O)(=O)O)[C@H](O)[C@H]1NS(=O)(=O)O. The predicted octanol–water partition coefficient (Wildman–Crippen LogP) is -13.8. The van der Waals surface area contributed by atoms with Crippen LogP contribution in [0, 0.1) is 0 Å². The first-order chi connectivity index (χ1) is 41.2. The van der Waals surface area contributed by atoms with E-state index >= 15 is 0 Å². The lowest BCUT2D eigenvalue weighted by molar-refractivity contribution is -0.373. The Hall–Kier alpha value is -2.74. The van der Waals surface area contributed by atoms with Crippen molar-refractivity contribution < 1.29 is 222 Å². The number of nitrogens with one attached hydrogen (secondary N) is 3. The van der Waals surface area contributed by atoms with Gasteiger partial charge >= 0.3 is 94.8 Å². The number of aliphatic hydroxyl groups excluding tert-OH is 6. The molecule has 5 aliphatic heterocycles. The lowest BCUT2D eigenvalue weighted by Crippen LogP contribution is -2.71. The van der Waals surface area contributed by atoms with Gasteiger partial charge in [0.25, 0.3) is 0 Å². The van der Waals surface area contributed by atoms with Gasteiger partial charge in [-0.15, -0.1) is 0 Å². The van der Waals surface area contributed by atoms with Crippen LogP contribution in [0.5, 0.6) is 0 Å². The summed E-state index contributed by atoms with van der Waals surface area (Å²) in [5.74, 6) is -4.91. The second-order valence-corrected chi connectivity index (χ2v) is 27.6. The quantitative estimate of drug-likeness (QED) is 0.0297. The van der Waals surface area contributed by atoms with Gasteiger partial charge in [-0.2, -0.15) is 81.5 Å². The Labute approximate surface area is 509 Å². The Morgan fingerprint density at radius 3 is 1.13 bits per heavy atom. The van der Waals surface area contributed by atoms with Crippen molar-refractivity contribution in [3.63, 3.8) is 0 Å². The molecule has 534 valence electrons. The van der Waals surface area contributed by atoms with Gasteiger partial charge in [0.2, 0.25) is 0 Å². The summed E-state index contributed by atoms with van der Waals surface area (Å²) in [5.41, 5.74) is 0. The molecule has 0 radical (unpaired) electrons. The molecule has 19 N–H and O–H groups in total. The predicted molar refractivity (Wildman–Crippen MR) is 262 cm³/mol. The van der Waals surface area contributed by atoms with Gasteiger partial charge in [0.05, 0.1) is 19.8 Å². The highest BCUT2D eigenvalue weighted by atomic mass is 32.3. The highest BCUT2D eigenvalue weighted by molar-refractivity contribution is 7.84. The molecular formula is C31H53N3O49S8. The summed E-state index contributed by atoms with van der Waals surface area (Å²) < 4.78 is 346. The highest BCUT2D eigenvalue weighted by Crippen LogP contribution is 2.39. The summed E-state index contributed by atoms with van der Waals surface area (Å²) in [6.45, 7) is -5.06. The Morgan fingerprint density at radius 1 is 0.352 bits per heavy atom. The van der Waals surface area contributed by atoms with Gasteiger partial charge < -0.3 is 88.2 Å². The zero-order valence-electron chi connectivity index (χ0n) is 43.9. The molecule has 0 spiro atoms. The average Bonchev–Trinajstić information content (AvgIpc) is 0.767. The number of ether oxygens (including phenoxy) is 10. The van der Waals surface area contributed by atoms with E-state index in [1.54, 1.807) is 0 Å². The van der Waals surface area contributed by atoms with Crippen LogP contribution in [0.1, 0.15) is 0 Å². The van der Waals surface area contributed by atoms with E-state index in [1.807, 2.05) is 0 Å². The van der Waals surface area contributed by atoms with E-state index in [0.717, 1.165) is 11.8 Å². The smallest absolute Gasteiger partial charge is 0.397 e. The number of aliphatic carboxylic acids is 2. The summed E-state index contributed by atoms with van der Waals surface area (Å²) in [6, 6.07) is -8.17. The molecular weight excluding hydrogens is 1450 g/mol. The number of hydrogen-bond donors (Lipinski definition) is 19. The molecule has 5 rings (SSSR count). The Morgan fingerprint density at radius 2 is 0.703 bits per heavy atom. The molecule has 0 aromatic carbocycles. The molecule has 0 aromatic rings. The monoisotopic (exact) mass is 1510 g/mol. The molecule has 5 saturated heterocycles. The Kier molecular flexibility index (Phi) is 26.0. The second kappa shape index (κ2) is 29.9. The first kappa shape index (κ1) is 79.0. The van der Waals surface area contributed by atoms with Crippen molar-refractivity contribution in [3.8, 4) is 0 Å². The van der Waals surface area contributed by atoms with Crippen LogP contribution >= 0.6 is 0 Å². The number of carboxylic acids is 2. The molecule has 0 amide bonds. The topological polar surface area (TPSA) is 805 Å². The van der Waals surface area contributed by atoms with E-state index < -0.39 is 268 Å². The Balaban J connectivity index is 1.60. The van der Waals surface area contributed by atoms with E-state index in [-0.39, 0.29) is 0 Å². The standard InChI is InChI=1S/C31H53N3O49S8/c1-69-27-9(33-85(48,49)50)13(37)17(6(74-27)3-71-88(57,58)59)76-31-22(83-91(66,67)68)16(40)21(24(81-31)26(43)44)79-29-10(34-86(51,52)53)19(82-90(63,64)65)18(7(75-29)4-72-89(60,61)62)77-30-15(39)14(38)20(23(80-30)25(41)42)78-28-8(32-84(45,46)47)12(36)11(35)5(73-28)2-70-87(54,55)56/h5-24,27-40H,2-4H2,1H3,(H,41,42)(H,43,44)(H,45,46,47)(H,48,49,50)(H,51,52,53)(H,54,55,56)(H,57,58,59)(H,60,61,62)(H,63,64,65)(H,66,67,68)/t5-,6-,7-,8-,9-,10-,11-,12-,13-,14-,15-,16+,17-,18?,19-,20+,21+,22-,23+,24-,27+,28-,29-,30-,31-/m1/s1. The molecule has 91 heavy (non-hydrogen) atoms. The summed E-state index contributed by atoms with van der Waals surface area (Å²) >= 11 is 0. The van der Waals surface area contributed by atoms with Crippen molar-refractivity contribution >= 4 is 94.8 Å². The molecule has 60 heteroatoms. The number of carbonyl (C=O) groups is 2. The molecule has 5 aliphatic rings. The summed E-state index contributed by atoms with van der Waals surface area (Å²) in [4.78, 5) is 25.8. The zero-order chi connectivity index (χ0) is 69.4. The minimum absolute atomic E-state index is 0.735. The maximum absolute atomic E-state index is 13.0. The maximum atomic E-state index is 13.0. The van der Waals surface area contributed by atoms with Gasteiger partial charge in [0.15, 0.2) is 49.8 Å². The minimum atomic E-state index is -6.36. The van der Waals surface area contributed by atoms with Crippen LogP contribution < -0.4 is 14.2 Å². The summed E-state index contributed by atoms with van der Waals surface area (Å²) in [5, 5.41) is 87.8. The first-order valence-electron chi connectivity index (χ1n) is 23.5. The number of methoxy groups -OCH3 is 1. The largest absolute Gasteiger partial charge is 0.479 e. The normalized spacial score (nSPS) is 38.6. The number of hydrogen-bond acceptors (Lipinski definition) is 39. The average molecular weight is 1510 g/mol. The first-order valence-corrected chi connectivity index (χ1v) is 34.7. The molecule has 5 fully saturated rings. The van der Waals surface area contributed by atoms with E-state index in [1.165, 1.54) is 9.44 Å². The lowest BCUT2D eigenvalue weighted by Gasteiger charge is -2.50. The number of carboxylic acid groups (broad SMARTS) is 2. The van der Waals surface area contributed by atoms with Crippen LogP contribution in [-0.2, 0) is 161 Å². The number of aliphatic hydroxyl groups is 6. The van der Waals surface area contributed by atoms with Crippen LogP contribution in [0.25, 0.3) is 0 Å². The van der Waals surface area contributed by atoms with Gasteiger partial charge in [0.1, 0.15) is 104 Å². The van der Waals surface area contributed by atoms with Crippen molar-refractivity contribution in [2.75, 3.05) is 26.9 Å². The van der Waals surface area contributed by atoms with Crippen molar-refractivity contribution in [1.82, 2.24) is 14.2 Å². The summed E-state index contributed by atoms with van der Waals surface area (Å²) in [6.07, 6.45) is -63.6. The summed E-state index contributed by atoms with van der Waals surface area (Å²) in [7, 11) is -45.9. The third kappa shape index (κ3) is 22.9. The fourth-order valence-electron chi connectivity index (χ4n) is 8.98. The van der Waals surface area contributed by atoms with Crippen molar-refractivity contribution in [2.24, 2.45) is 0 Å². The Bertz CT molecular complexity index is 3490. The molecule has 0 saturated carbocycles. The van der Waals surface area contributed by atoms with E-state index in [0.29, 0.717) is 0 Å². The molecule has 0 bridgehead atoms. The molecule has 52 nitrogen and oxygen atoms in total. The van der Waals surface area contributed by atoms with Crippen LogP contribution in [-0.4, -0.2) is 337 Å². The van der Waals surface area contributed by atoms with Gasteiger partial charge in [-0.1, -0.05) is 0 Å². The maximum Gasteiger partial charge on any atom is 0.397 e. The van der Waals surface area contributed by atoms with Gasteiger partial charge in [-0.25, -0.2) is 30.5 Å². The van der Waals surface area contributed by atoms with Crippen LogP contribution in [0.3, 0.4) is 0 Å². The van der Waals surface area contributed by atoms with Crippen molar-refractivity contribution in [2.45, 2.75) is 153 Å². The van der Waals surface area contributed by atoms with Crippen LogP contribution in [0.2, 0.25) is 0 Å². The highest BCUT2D eigenvalue weighted by Gasteiger charge is 2.61. The van der Waals surface area contributed by atoms with Crippen molar-refractivity contribution in [3.05, 3.63) is 0 Å². The second-order valence-electron chi connectivity index (χ2n) is 18.7. The van der Waals surface area contributed by atoms with Crippen LogP contribution in [0.15, 0.2) is 0 Å². The fourth-order valence-corrected chi connectivity index (χ4v) is 12.7. The zero-order valence-corrected chi connectivity index (χ0v) is 50.5. The fraction of sp³-hybridized carbons (Fsp3) is 0.935.